The lowest BCUT2D eigenvalue weighted by atomic mass is 10.1. The Hall–Kier alpha value is -2.62. The van der Waals surface area contributed by atoms with Crippen LogP contribution in [0.2, 0.25) is 0 Å². The molecule has 1 unspecified atom stereocenters. The highest BCUT2D eigenvalue weighted by molar-refractivity contribution is 6.05. The molecule has 0 spiro atoms. The van der Waals surface area contributed by atoms with Crippen LogP contribution in [0.1, 0.15) is 34.1 Å². The molecule has 1 aliphatic rings. The number of hydrogen-bond acceptors (Lipinski definition) is 2. The first kappa shape index (κ1) is 13.1. The molecule has 0 saturated heterocycles. The molecule has 3 aromatic rings. The number of nitrogens with one attached hydrogen (secondary N) is 1. The fourth-order valence-electron chi connectivity index (χ4n) is 3.32. The average molecular weight is 291 g/mol. The fraction of sp³-hybridized carbons (Fsp3) is 0.222. The molecular weight excluding hydrogens is 274 g/mol. The van der Waals surface area contributed by atoms with Gasteiger partial charge in [-0.25, -0.2) is 0 Å². The summed E-state index contributed by atoms with van der Waals surface area (Å²) in [7, 11) is 1.87. The molecule has 2 aromatic carbocycles. The highest BCUT2D eigenvalue weighted by Gasteiger charge is 2.25. The van der Waals surface area contributed by atoms with Gasteiger partial charge in [-0.1, -0.05) is 42.5 Å². The van der Waals surface area contributed by atoms with E-state index in [1.807, 2.05) is 37.4 Å². The van der Waals surface area contributed by atoms with Gasteiger partial charge in [0.1, 0.15) is 0 Å². The molecule has 1 heterocycles. The van der Waals surface area contributed by atoms with E-state index in [1.165, 1.54) is 11.1 Å². The van der Waals surface area contributed by atoms with Gasteiger partial charge in [0.05, 0.1) is 11.6 Å². The van der Waals surface area contributed by atoms with E-state index in [-0.39, 0.29) is 11.9 Å². The van der Waals surface area contributed by atoms with E-state index >= 15 is 0 Å². The van der Waals surface area contributed by atoms with Crippen LogP contribution in [-0.2, 0) is 13.5 Å². The van der Waals surface area contributed by atoms with E-state index in [9.17, 15) is 4.79 Å². The zero-order valence-electron chi connectivity index (χ0n) is 12.4. The largest absolute Gasteiger partial charge is 0.344 e. The number of rotatable bonds is 2. The quantitative estimate of drug-likeness (QED) is 0.789. The van der Waals surface area contributed by atoms with Crippen molar-refractivity contribution in [2.45, 2.75) is 18.9 Å². The number of hydrogen-bond donors (Lipinski definition) is 1. The van der Waals surface area contributed by atoms with Crippen molar-refractivity contribution in [3.05, 3.63) is 65.4 Å². The molecule has 22 heavy (non-hydrogen) atoms. The van der Waals surface area contributed by atoms with Gasteiger partial charge in [0.25, 0.3) is 5.91 Å². The number of nitrogens with zero attached hydrogens (tertiary/aromatic N) is 2. The third-order valence-corrected chi connectivity index (χ3v) is 4.41. The lowest BCUT2D eigenvalue weighted by molar-refractivity contribution is 0.0932. The van der Waals surface area contributed by atoms with E-state index in [1.54, 1.807) is 4.68 Å². The van der Waals surface area contributed by atoms with Crippen LogP contribution in [0.25, 0.3) is 10.9 Å². The lowest BCUT2D eigenvalue weighted by Crippen LogP contribution is -2.27. The van der Waals surface area contributed by atoms with Crippen LogP contribution < -0.4 is 5.32 Å². The van der Waals surface area contributed by atoms with Gasteiger partial charge < -0.3 is 5.32 Å². The minimum atomic E-state index is -0.0986. The molecule has 110 valence electrons. The summed E-state index contributed by atoms with van der Waals surface area (Å²) in [6.07, 6.45) is 1.97. The average Bonchev–Trinajstić information content (AvgIpc) is 3.10. The van der Waals surface area contributed by atoms with Gasteiger partial charge in [0, 0.05) is 12.4 Å². The van der Waals surface area contributed by atoms with Crippen molar-refractivity contribution in [1.82, 2.24) is 15.1 Å². The molecule has 4 heteroatoms. The Kier molecular flexibility index (Phi) is 2.96. The second-order valence-corrected chi connectivity index (χ2v) is 5.75. The maximum absolute atomic E-state index is 12.7. The molecule has 4 nitrogen and oxygen atoms in total. The first-order valence-electron chi connectivity index (χ1n) is 7.54. The molecule has 1 aliphatic carbocycles. The van der Waals surface area contributed by atoms with E-state index < -0.39 is 0 Å². The van der Waals surface area contributed by atoms with Crippen LogP contribution in [0.4, 0.5) is 0 Å². The van der Waals surface area contributed by atoms with E-state index in [2.05, 4.69) is 28.6 Å². The molecule has 1 N–H and O–H groups in total. The van der Waals surface area contributed by atoms with Crippen molar-refractivity contribution in [1.29, 1.82) is 0 Å². The van der Waals surface area contributed by atoms with Crippen LogP contribution in [0.5, 0.6) is 0 Å². The molecule has 1 aromatic heterocycles. The van der Waals surface area contributed by atoms with Crippen molar-refractivity contribution in [2.24, 2.45) is 7.05 Å². The SMILES string of the molecule is Cn1nc(C(=O)NC2CCc3ccccc32)c2ccccc21. The van der Waals surface area contributed by atoms with E-state index in [0.29, 0.717) is 5.69 Å². The second-order valence-electron chi connectivity index (χ2n) is 5.75. The molecule has 0 saturated carbocycles. The van der Waals surface area contributed by atoms with Gasteiger partial charge >= 0.3 is 0 Å². The van der Waals surface area contributed by atoms with Crippen molar-refractivity contribution in [3.63, 3.8) is 0 Å². The standard InChI is InChI=1S/C18H17N3O/c1-21-16-9-5-4-8-14(16)17(20-21)18(22)19-15-11-10-12-6-2-3-7-13(12)15/h2-9,15H,10-11H2,1H3,(H,19,22). The number of carbonyl (C=O) groups excluding carboxylic acids is 1. The zero-order valence-corrected chi connectivity index (χ0v) is 12.4. The fourth-order valence-corrected chi connectivity index (χ4v) is 3.32. The van der Waals surface area contributed by atoms with Gasteiger partial charge in [0.2, 0.25) is 0 Å². The lowest BCUT2D eigenvalue weighted by Gasteiger charge is -2.13. The summed E-state index contributed by atoms with van der Waals surface area (Å²) in [5.74, 6) is -0.0986. The van der Waals surface area contributed by atoms with Crippen LogP contribution in [0.15, 0.2) is 48.5 Å². The molecule has 0 bridgehead atoms. The zero-order chi connectivity index (χ0) is 15.1. The molecule has 1 amide bonds. The summed E-state index contributed by atoms with van der Waals surface area (Å²) < 4.78 is 1.76. The molecular formula is C18H17N3O. The number of carbonyl (C=O) groups is 1. The molecule has 1 atom stereocenters. The van der Waals surface area contributed by atoms with Crippen LogP contribution in [0.3, 0.4) is 0 Å². The number of amides is 1. The number of aryl methyl sites for hydroxylation is 2. The summed E-state index contributed by atoms with van der Waals surface area (Å²) in [5, 5.41) is 8.43. The van der Waals surface area contributed by atoms with Gasteiger partial charge in [-0.05, 0) is 30.0 Å². The van der Waals surface area contributed by atoms with Crippen molar-refractivity contribution in [2.75, 3.05) is 0 Å². The summed E-state index contributed by atoms with van der Waals surface area (Å²) in [6.45, 7) is 0. The number of para-hydroxylation sites is 1. The smallest absolute Gasteiger partial charge is 0.272 e. The monoisotopic (exact) mass is 291 g/mol. The van der Waals surface area contributed by atoms with Crippen LogP contribution in [-0.4, -0.2) is 15.7 Å². The Morgan fingerprint density at radius 2 is 1.95 bits per heavy atom. The number of benzene rings is 2. The Morgan fingerprint density at radius 1 is 1.18 bits per heavy atom. The Morgan fingerprint density at radius 3 is 2.86 bits per heavy atom. The summed E-state index contributed by atoms with van der Waals surface area (Å²) in [4.78, 5) is 12.7. The molecule has 0 fully saturated rings. The molecule has 0 aliphatic heterocycles. The third kappa shape index (κ3) is 1.99. The first-order chi connectivity index (χ1) is 10.7. The van der Waals surface area contributed by atoms with Crippen LogP contribution in [0, 0.1) is 0 Å². The van der Waals surface area contributed by atoms with Crippen molar-refractivity contribution in [3.8, 4) is 0 Å². The maximum Gasteiger partial charge on any atom is 0.272 e. The number of fused-ring (bicyclic) bond motifs is 2. The number of aromatic nitrogens is 2. The van der Waals surface area contributed by atoms with E-state index in [0.717, 1.165) is 23.7 Å². The molecule has 4 rings (SSSR count). The Bertz CT molecular complexity index is 866. The second kappa shape index (κ2) is 4.98. The summed E-state index contributed by atoms with van der Waals surface area (Å²) >= 11 is 0. The third-order valence-electron chi connectivity index (χ3n) is 4.41. The van der Waals surface area contributed by atoms with Gasteiger partial charge in [-0.15, -0.1) is 0 Å². The summed E-state index contributed by atoms with van der Waals surface area (Å²) in [5.41, 5.74) is 4.04. The summed E-state index contributed by atoms with van der Waals surface area (Å²) in [6, 6.07) is 16.2. The normalized spacial score (nSPS) is 16.7. The van der Waals surface area contributed by atoms with E-state index in [4.69, 9.17) is 0 Å². The van der Waals surface area contributed by atoms with Crippen molar-refractivity contribution < 1.29 is 4.79 Å². The highest BCUT2D eigenvalue weighted by atomic mass is 16.2. The van der Waals surface area contributed by atoms with Gasteiger partial charge in [-0.2, -0.15) is 5.10 Å². The van der Waals surface area contributed by atoms with Gasteiger partial charge in [0.15, 0.2) is 5.69 Å². The minimum Gasteiger partial charge on any atom is -0.344 e. The Labute approximate surface area is 128 Å². The van der Waals surface area contributed by atoms with Crippen LogP contribution >= 0.6 is 0 Å². The minimum absolute atomic E-state index is 0.0875. The predicted octanol–water partition coefficient (Wildman–Crippen LogP) is 2.99. The predicted molar refractivity (Wildman–Crippen MR) is 85.7 cm³/mol. The maximum atomic E-state index is 12.7. The topological polar surface area (TPSA) is 46.9 Å². The molecule has 0 radical (unpaired) electrons. The Balaban J connectivity index is 1.65. The highest BCUT2D eigenvalue weighted by Crippen LogP contribution is 2.31. The first-order valence-corrected chi connectivity index (χ1v) is 7.54. The van der Waals surface area contributed by atoms with Crippen molar-refractivity contribution >= 4 is 16.8 Å². The van der Waals surface area contributed by atoms with Gasteiger partial charge in [-0.3, -0.25) is 9.48 Å².